The molecule has 0 radical (unpaired) electrons. The van der Waals surface area contributed by atoms with Gasteiger partial charge < -0.3 is 4.90 Å². The van der Waals surface area contributed by atoms with Gasteiger partial charge in [-0.15, -0.1) is 0 Å². The Morgan fingerprint density at radius 1 is 1.05 bits per heavy atom. The van der Waals surface area contributed by atoms with E-state index in [1.807, 2.05) is 25.2 Å². The number of fused-ring (bicyclic) bond motifs is 3. The number of allylic oxidation sites excluding steroid dienone is 2. The molecule has 7 heteroatoms. The van der Waals surface area contributed by atoms with Crippen LogP contribution in [-0.4, -0.2) is 72.7 Å². The topological polar surface area (TPSA) is 51.8 Å². The molecule has 0 saturated carbocycles. The molecule has 200 valence electrons. The molecule has 4 aliphatic heterocycles. The highest BCUT2D eigenvalue weighted by Crippen LogP contribution is 2.41. The zero-order chi connectivity index (χ0) is 26.8. The molecule has 1 fully saturated rings. The molecule has 2 amide bonds. The number of dihydropyridines is 1. The van der Waals surface area contributed by atoms with Crippen LogP contribution < -0.4 is 20.0 Å². The van der Waals surface area contributed by atoms with E-state index in [1.54, 1.807) is 0 Å². The summed E-state index contributed by atoms with van der Waals surface area (Å²) in [4.78, 5) is 28.2. The molecule has 5 aliphatic rings. The smallest absolute Gasteiger partial charge is 0.370 e. The number of urea groups is 1. The van der Waals surface area contributed by atoms with Crippen molar-refractivity contribution in [2.24, 2.45) is 22.7 Å². The molecule has 1 aromatic heterocycles. The van der Waals surface area contributed by atoms with Crippen molar-refractivity contribution in [1.29, 1.82) is 0 Å². The van der Waals surface area contributed by atoms with Gasteiger partial charge in [-0.3, -0.25) is 9.98 Å². The zero-order valence-corrected chi connectivity index (χ0v) is 23.8. The Morgan fingerprint density at radius 2 is 1.82 bits per heavy atom. The van der Waals surface area contributed by atoms with Gasteiger partial charge in [0.1, 0.15) is 18.9 Å². The van der Waals surface area contributed by atoms with Crippen molar-refractivity contribution in [1.82, 2.24) is 14.4 Å². The Balaban J connectivity index is 1.48. The minimum atomic E-state index is 0.0677. The van der Waals surface area contributed by atoms with Gasteiger partial charge in [-0.05, 0) is 51.0 Å². The van der Waals surface area contributed by atoms with Gasteiger partial charge in [0.15, 0.2) is 11.9 Å². The minimum absolute atomic E-state index is 0.0677. The highest BCUT2D eigenvalue weighted by atomic mass is 16.2. The molecule has 0 spiro atoms. The minimum Gasteiger partial charge on any atom is -0.370 e. The average Bonchev–Trinajstić information content (AvgIpc) is 3.40. The first-order valence-electron chi connectivity index (χ1n) is 14.3. The van der Waals surface area contributed by atoms with Gasteiger partial charge in [0.2, 0.25) is 0 Å². The van der Waals surface area contributed by atoms with Crippen molar-refractivity contribution < 1.29 is 9.37 Å². The molecule has 1 aromatic rings. The number of likely N-dealkylation sites (tertiary alicyclic amines) is 1. The summed E-state index contributed by atoms with van der Waals surface area (Å²) in [7, 11) is 6.14. The first-order chi connectivity index (χ1) is 18.1. The number of aromatic nitrogens is 1. The molecule has 7 nitrogen and oxygen atoms in total. The van der Waals surface area contributed by atoms with Crippen LogP contribution in [0.2, 0.25) is 0 Å². The molecule has 4 atom stereocenters. The van der Waals surface area contributed by atoms with Crippen molar-refractivity contribution in [2.45, 2.75) is 58.9 Å². The van der Waals surface area contributed by atoms with Gasteiger partial charge in [-0.1, -0.05) is 19.1 Å². The Bertz CT molecular complexity index is 1420. The van der Waals surface area contributed by atoms with Crippen molar-refractivity contribution in [3.8, 4) is 0 Å². The van der Waals surface area contributed by atoms with E-state index in [2.05, 4.69) is 67.9 Å². The largest absolute Gasteiger partial charge is 0.432 e. The van der Waals surface area contributed by atoms with Crippen LogP contribution in [0.25, 0.3) is 12.2 Å². The van der Waals surface area contributed by atoms with E-state index in [-0.39, 0.29) is 16.6 Å². The number of amides is 2. The van der Waals surface area contributed by atoms with E-state index < -0.39 is 0 Å². The fourth-order valence-electron chi connectivity index (χ4n) is 7.11. The average molecular weight is 515 g/mol. The highest BCUT2D eigenvalue weighted by Gasteiger charge is 2.49. The lowest BCUT2D eigenvalue weighted by molar-refractivity contribution is -0.424. The number of carbonyl (C=O) groups is 1. The lowest BCUT2D eigenvalue weighted by atomic mass is 9.82. The van der Waals surface area contributed by atoms with E-state index in [4.69, 9.17) is 9.98 Å². The Morgan fingerprint density at radius 3 is 2.55 bits per heavy atom. The van der Waals surface area contributed by atoms with Crippen molar-refractivity contribution >= 4 is 41.5 Å². The molecule has 5 heterocycles. The van der Waals surface area contributed by atoms with Gasteiger partial charge in [-0.25, -0.2) is 18.8 Å². The molecule has 0 bridgehead atoms. The van der Waals surface area contributed by atoms with E-state index in [0.29, 0.717) is 24.2 Å². The molecule has 38 heavy (non-hydrogen) atoms. The maximum atomic E-state index is 14.0. The fourth-order valence-corrected chi connectivity index (χ4v) is 7.11. The van der Waals surface area contributed by atoms with Crippen LogP contribution >= 0.6 is 0 Å². The molecular formula is C31H42N6O+2. The third-order valence-corrected chi connectivity index (χ3v) is 8.93. The van der Waals surface area contributed by atoms with Crippen LogP contribution in [0.1, 0.15) is 52.9 Å². The van der Waals surface area contributed by atoms with Gasteiger partial charge >= 0.3 is 6.03 Å². The summed E-state index contributed by atoms with van der Waals surface area (Å²) in [5, 5.41) is 2.13. The summed E-state index contributed by atoms with van der Waals surface area (Å²) in [5.74, 6) is 1.18. The van der Waals surface area contributed by atoms with Gasteiger partial charge in [-0.2, -0.15) is 0 Å². The summed E-state index contributed by atoms with van der Waals surface area (Å²) < 4.78 is 2.45. The fraction of sp³-hybridized carbons (Fsp3) is 0.548. The van der Waals surface area contributed by atoms with Crippen LogP contribution in [0.15, 0.2) is 34.9 Å². The Labute approximate surface area is 226 Å². The second-order valence-electron chi connectivity index (χ2n) is 12.5. The number of rotatable bonds is 3. The SMILES string of the molecule is CC1=NC(C)C=C(N2C(=O)[N+](C)(C)c3cnc4c(c32)=CC(C2C=[N+](C)C=C(N3CCCC3)C2)CC(C)C=4)C1. The number of hydrogen-bond donors (Lipinski definition) is 0. The molecule has 6 rings (SSSR count). The van der Waals surface area contributed by atoms with Crippen LogP contribution in [-0.2, 0) is 0 Å². The summed E-state index contributed by atoms with van der Waals surface area (Å²) in [6.07, 6.45) is 19.0. The highest BCUT2D eigenvalue weighted by molar-refractivity contribution is 6.12. The number of nitrogens with zero attached hydrogens (tertiary/aromatic N) is 6. The Hall–Kier alpha value is -3.06. The number of anilines is 1. The monoisotopic (exact) mass is 514 g/mol. The first kappa shape index (κ1) is 25.2. The van der Waals surface area contributed by atoms with Gasteiger partial charge in [0.05, 0.1) is 37.4 Å². The van der Waals surface area contributed by atoms with Crippen LogP contribution in [0, 0.1) is 17.8 Å². The standard InChI is InChI=1S/C31H42N6O/c1-20-11-23(24-15-26(19-34(4)18-24)35-9-7-8-10-35)16-27-28(12-20)32-17-29-30(27)36(31(38)37(29,5)6)25-13-21(2)33-22(3)14-25/h12-13,16-21,23-24H,7-11,14-15H2,1-6H3/q+2. The molecule has 1 saturated heterocycles. The number of carbonyl (C=O) groups excluding carboxylic acids is 1. The lowest BCUT2D eigenvalue weighted by Gasteiger charge is -2.28. The maximum Gasteiger partial charge on any atom is 0.432 e. The molecule has 1 aliphatic carbocycles. The molecule has 4 unspecified atom stereocenters. The normalized spacial score (nSPS) is 30.3. The molecule has 0 N–H and O–H groups in total. The molecule has 0 aromatic carbocycles. The number of hydrogen-bond acceptors (Lipinski definition) is 4. The summed E-state index contributed by atoms with van der Waals surface area (Å²) >= 11 is 0. The summed E-state index contributed by atoms with van der Waals surface area (Å²) in [6, 6.07) is 0.145. The van der Waals surface area contributed by atoms with E-state index in [1.165, 1.54) is 31.6 Å². The number of quaternary nitrogens is 1. The van der Waals surface area contributed by atoms with Crippen LogP contribution in [0.4, 0.5) is 16.2 Å². The number of aliphatic imine (C=N–C) groups is 1. The quantitative estimate of drug-likeness (QED) is 0.458. The maximum absolute atomic E-state index is 14.0. The predicted octanol–water partition coefficient (Wildman–Crippen LogP) is 3.61. The summed E-state index contributed by atoms with van der Waals surface area (Å²) in [5.41, 5.74) is 5.58. The Kier molecular flexibility index (Phi) is 6.17. The first-order valence-corrected chi connectivity index (χ1v) is 14.3. The van der Waals surface area contributed by atoms with E-state index in [9.17, 15) is 4.79 Å². The van der Waals surface area contributed by atoms with Crippen LogP contribution in [0.3, 0.4) is 0 Å². The van der Waals surface area contributed by atoms with Crippen molar-refractivity contribution in [3.63, 3.8) is 0 Å². The van der Waals surface area contributed by atoms with Gasteiger partial charge in [0.25, 0.3) is 0 Å². The van der Waals surface area contributed by atoms with Crippen LogP contribution in [0.5, 0.6) is 0 Å². The second kappa shape index (κ2) is 9.30. The van der Waals surface area contributed by atoms with Gasteiger partial charge in [0, 0.05) is 48.5 Å². The lowest BCUT2D eigenvalue weighted by Crippen LogP contribution is -2.49. The summed E-state index contributed by atoms with van der Waals surface area (Å²) in [6.45, 7) is 8.81. The third kappa shape index (κ3) is 4.25. The van der Waals surface area contributed by atoms with Crippen molar-refractivity contribution in [3.05, 3.63) is 40.4 Å². The number of pyridine rings is 1. The third-order valence-electron chi connectivity index (χ3n) is 8.93. The second-order valence-corrected chi connectivity index (χ2v) is 12.5. The van der Waals surface area contributed by atoms with Crippen molar-refractivity contribution in [2.75, 3.05) is 39.1 Å². The predicted molar refractivity (Wildman–Crippen MR) is 156 cm³/mol. The van der Waals surface area contributed by atoms with E-state index >= 15 is 0 Å². The molecular weight excluding hydrogens is 472 g/mol. The van der Waals surface area contributed by atoms with E-state index in [0.717, 1.165) is 46.2 Å². The zero-order valence-electron chi connectivity index (χ0n) is 23.8.